The first-order valence-corrected chi connectivity index (χ1v) is 12.4. The Kier molecular flexibility index (Phi) is 354. The second kappa shape index (κ2) is 180. The van der Waals surface area contributed by atoms with E-state index in [-0.39, 0.29) is 22.3 Å². The molecule has 0 atom stereocenters. The largest absolute Gasteiger partial charge is 0.107 e. The Labute approximate surface area is 254 Å². The van der Waals surface area contributed by atoms with E-state index in [2.05, 4.69) is 47.4 Å². The lowest BCUT2D eigenvalue weighted by atomic mass is 10.6. The average molecular weight is 545 g/mol. The minimum atomic E-state index is 0. The van der Waals surface area contributed by atoms with Crippen LogP contribution < -0.4 is 0 Å². The molecule has 0 aliphatic heterocycles. The lowest BCUT2D eigenvalue weighted by molar-refractivity contribution is 1.64. The second-order valence-corrected chi connectivity index (χ2v) is 5.33. The number of hydrogen-bond donors (Lipinski definition) is 0. The molecule has 0 heterocycles. The van der Waals surface area contributed by atoms with Gasteiger partial charge in [0.25, 0.3) is 0 Å². The van der Waals surface area contributed by atoms with Crippen LogP contribution in [0.25, 0.3) is 0 Å². The van der Waals surface area contributed by atoms with Crippen LogP contribution in [0.5, 0.6) is 0 Å². The first kappa shape index (κ1) is 76.6. The van der Waals surface area contributed by atoms with Crippen molar-refractivity contribution in [3.63, 3.8) is 0 Å². The fraction of sp³-hybridized carbons (Fsp3) is 0.538. The molecular formula is C39H76. The minimum Gasteiger partial charge on any atom is -0.107 e. The van der Waals surface area contributed by atoms with E-state index in [1.807, 2.05) is 185 Å². The lowest BCUT2D eigenvalue weighted by Gasteiger charge is -1.49. The Hall–Kier alpha value is -3.06. The highest BCUT2D eigenvalue weighted by molar-refractivity contribution is 4.90. The summed E-state index contributed by atoms with van der Waals surface area (Å²) in [6, 6.07) is 0. The van der Waals surface area contributed by atoms with Gasteiger partial charge in [-0.2, -0.15) is 0 Å². The fourth-order valence-electron chi connectivity index (χ4n) is 0. The number of rotatable bonds is 0. The smallest absolute Gasteiger partial charge is 0.00271 e. The van der Waals surface area contributed by atoms with Gasteiger partial charge in [-0.1, -0.05) is 83.0 Å². The van der Waals surface area contributed by atoms with Gasteiger partial charge in [0.2, 0.25) is 0 Å². The molecule has 0 amide bonds. The summed E-state index contributed by atoms with van der Waals surface area (Å²) in [6.45, 7) is 34.6. The molecule has 0 saturated heterocycles. The Morgan fingerprint density at radius 3 is 0.256 bits per heavy atom. The van der Waals surface area contributed by atoms with Gasteiger partial charge in [-0.15, -0.1) is 47.4 Å². The summed E-state index contributed by atoms with van der Waals surface area (Å²) >= 11 is 0. The van der Waals surface area contributed by atoms with Gasteiger partial charge in [0.15, 0.2) is 0 Å². The molecule has 232 valence electrons. The van der Waals surface area contributed by atoms with Crippen molar-refractivity contribution in [1.29, 1.82) is 0 Å². The molecule has 0 aromatic heterocycles. The maximum atomic E-state index is 2.68. The van der Waals surface area contributed by atoms with Gasteiger partial charge in [-0.25, -0.2) is 0 Å². The molecule has 0 spiro atoms. The van der Waals surface area contributed by atoms with E-state index < -0.39 is 0 Å². The van der Waals surface area contributed by atoms with E-state index in [0.717, 1.165) is 0 Å². The topological polar surface area (TPSA) is 0 Å². The first-order valence-electron chi connectivity index (χ1n) is 12.4. The van der Waals surface area contributed by atoms with Gasteiger partial charge in [0.1, 0.15) is 0 Å². The summed E-state index contributed by atoms with van der Waals surface area (Å²) in [6.07, 6.45) is 20.0. The summed E-state index contributed by atoms with van der Waals surface area (Å²) in [4.78, 5) is 0. The van der Waals surface area contributed by atoms with Gasteiger partial charge < -0.3 is 0 Å². The van der Waals surface area contributed by atoms with Gasteiger partial charge in [-0.3, -0.25) is 0 Å². The van der Waals surface area contributed by atoms with Crippen LogP contribution in [-0.2, 0) is 0 Å². The van der Waals surface area contributed by atoms with Crippen molar-refractivity contribution >= 4 is 0 Å². The summed E-state index contributed by atoms with van der Waals surface area (Å²) < 4.78 is 0. The van der Waals surface area contributed by atoms with Crippen LogP contribution in [0, 0.1) is 47.4 Å². The van der Waals surface area contributed by atoms with Gasteiger partial charge in [0.05, 0.1) is 0 Å². The van der Waals surface area contributed by atoms with E-state index in [0.29, 0.717) is 0 Å². The van der Waals surface area contributed by atoms with Crippen LogP contribution in [0.1, 0.15) is 147 Å². The van der Waals surface area contributed by atoms with Gasteiger partial charge >= 0.3 is 0 Å². The SMILES string of the molecule is C.C.C.C/C=C/C.C/C=C/C.C/C=C\C.C/C=C\C.C/C=C\C.CC#CC.CC#CC.CC#CC.CC#CC. The van der Waals surface area contributed by atoms with E-state index in [1.165, 1.54) is 0 Å². The van der Waals surface area contributed by atoms with E-state index in [4.69, 9.17) is 0 Å². The maximum Gasteiger partial charge on any atom is -0.00271 e. The molecule has 0 aliphatic rings. The third-order valence-electron chi connectivity index (χ3n) is 2.67. The van der Waals surface area contributed by atoms with Crippen LogP contribution in [0.2, 0.25) is 0 Å². The van der Waals surface area contributed by atoms with Crippen LogP contribution in [-0.4, -0.2) is 0 Å². The summed E-state index contributed by atoms with van der Waals surface area (Å²) in [5.74, 6) is 21.4. The van der Waals surface area contributed by atoms with Crippen molar-refractivity contribution in [1.82, 2.24) is 0 Å². The molecule has 0 radical (unpaired) electrons. The predicted molar refractivity (Wildman–Crippen MR) is 199 cm³/mol. The third-order valence-corrected chi connectivity index (χ3v) is 2.67. The number of allylic oxidation sites excluding steroid dienone is 10. The zero-order chi connectivity index (χ0) is 30.7. The van der Waals surface area contributed by atoms with Crippen LogP contribution in [0.15, 0.2) is 60.8 Å². The lowest BCUT2D eigenvalue weighted by Crippen LogP contribution is -1.28. The van der Waals surface area contributed by atoms with Crippen LogP contribution in [0.3, 0.4) is 0 Å². The molecule has 39 heavy (non-hydrogen) atoms. The van der Waals surface area contributed by atoms with Crippen molar-refractivity contribution in [2.24, 2.45) is 0 Å². The van der Waals surface area contributed by atoms with E-state index in [9.17, 15) is 0 Å². The number of hydrogen-bond acceptors (Lipinski definition) is 0. The average Bonchev–Trinajstić information content (AvgIpc) is 2.97. The first-order chi connectivity index (χ1) is 17.2. The monoisotopic (exact) mass is 545 g/mol. The van der Waals surface area contributed by atoms with Gasteiger partial charge in [-0.05, 0) is 125 Å². The summed E-state index contributed by atoms with van der Waals surface area (Å²) in [5.41, 5.74) is 0. The minimum absolute atomic E-state index is 0. The zero-order valence-electron chi connectivity index (χ0n) is 27.8. The van der Waals surface area contributed by atoms with Crippen molar-refractivity contribution in [2.75, 3.05) is 0 Å². The molecule has 0 aromatic rings. The van der Waals surface area contributed by atoms with E-state index in [1.54, 1.807) is 0 Å². The van der Waals surface area contributed by atoms with E-state index >= 15 is 0 Å². The highest BCUT2D eigenvalue weighted by atomic mass is 13.4. The van der Waals surface area contributed by atoms with Crippen molar-refractivity contribution < 1.29 is 0 Å². The zero-order valence-corrected chi connectivity index (χ0v) is 27.8. The molecule has 0 rings (SSSR count). The van der Waals surface area contributed by atoms with Crippen molar-refractivity contribution in [3.05, 3.63) is 60.8 Å². The predicted octanol–water partition coefficient (Wildman–Crippen LogP) is 13.9. The molecule has 0 heteroatoms. The maximum absolute atomic E-state index is 2.68. The van der Waals surface area contributed by atoms with Crippen molar-refractivity contribution in [3.8, 4) is 47.4 Å². The molecule has 0 aliphatic carbocycles. The van der Waals surface area contributed by atoms with Crippen LogP contribution >= 0.6 is 0 Å². The van der Waals surface area contributed by atoms with Gasteiger partial charge in [0, 0.05) is 0 Å². The highest BCUT2D eigenvalue weighted by Crippen LogP contribution is 1.58. The molecule has 0 unspecified atom stereocenters. The summed E-state index contributed by atoms with van der Waals surface area (Å²) in [5, 5.41) is 0. The molecule has 0 N–H and O–H groups in total. The molecule has 0 bridgehead atoms. The molecule has 0 nitrogen and oxygen atoms in total. The Morgan fingerprint density at radius 1 is 0.205 bits per heavy atom. The Balaban J connectivity index is -0.0000000208. The molecule has 0 saturated carbocycles. The normalized spacial score (nSPS) is 6.31. The fourth-order valence-corrected chi connectivity index (χ4v) is 0. The molecule has 0 fully saturated rings. The third kappa shape index (κ3) is 1070. The Morgan fingerprint density at radius 2 is 0.256 bits per heavy atom. The standard InChI is InChI=1S/5C4H8.4C4H6.3CH4/c9*1-3-4-2;;;/h5*3-4H,1-2H3;4*1-2H3;3*1H4/b2*4-3+;3*4-3-;;;;;;;. The second-order valence-electron chi connectivity index (χ2n) is 5.33. The highest BCUT2D eigenvalue weighted by Gasteiger charge is 1.36. The summed E-state index contributed by atoms with van der Waals surface area (Å²) in [7, 11) is 0. The van der Waals surface area contributed by atoms with Crippen molar-refractivity contribution in [2.45, 2.75) is 147 Å². The molecular weight excluding hydrogens is 468 g/mol. The van der Waals surface area contributed by atoms with Crippen LogP contribution in [0.4, 0.5) is 0 Å². The molecule has 0 aromatic carbocycles. The quantitative estimate of drug-likeness (QED) is 0.210. The Bertz CT molecular complexity index is 472.